The van der Waals surface area contributed by atoms with Crippen LogP contribution in [0.15, 0.2) is 30.3 Å². The molecule has 0 heterocycles. The summed E-state index contributed by atoms with van der Waals surface area (Å²) in [5.41, 5.74) is 0.393. The molecule has 0 radical (unpaired) electrons. The number of hydrogen-bond donors (Lipinski definition) is 4. The monoisotopic (exact) mass is 280 g/mol. The first-order chi connectivity index (χ1) is 9.45. The number of amides is 2. The Kier molecular flexibility index (Phi) is 5.67. The van der Waals surface area contributed by atoms with E-state index in [-0.39, 0.29) is 0 Å². The summed E-state index contributed by atoms with van der Waals surface area (Å²) in [5.74, 6) is -2.47. The van der Waals surface area contributed by atoms with Crippen LogP contribution in [0.4, 0.5) is 0 Å². The highest BCUT2D eigenvalue weighted by Gasteiger charge is 2.23. The van der Waals surface area contributed by atoms with Gasteiger partial charge in [-0.1, -0.05) is 18.2 Å². The molecule has 20 heavy (non-hydrogen) atoms. The van der Waals surface area contributed by atoms with Gasteiger partial charge in [0.1, 0.15) is 12.1 Å². The van der Waals surface area contributed by atoms with Crippen LogP contribution < -0.4 is 10.6 Å². The molecule has 2 amide bonds. The number of aliphatic carboxylic acids is 1. The Balaban J connectivity index is 2.58. The van der Waals surface area contributed by atoms with E-state index >= 15 is 0 Å². The minimum absolute atomic E-state index is 0.393. The lowest BCUT2D eigenvalue weighted by atomic mass is 10.2. The van der Waals surface area contributed by atoms with Crippen LogP contribution in [0.1, 0.15) is 17.3 Å². The largest absolute Gasteiger partial charge is 0.480 e. The fourth-order valence-electron chi connectivity index (χ4n) is 1.42. The lowest BCUT2D eigenvalue weighted by Gasteiger charge is -2.17. The number of carbonyl (C=O) groups excluding carboxylic acids is 2. The third-order valence-corrected chi connectivity index (χ3v) is 2.57. The number of benzene rings is 1. The first kappa shape index (κ1) is 15.6. The van der Waals surface area contributed by atoms with E-state index in [0.29, 0.717) is 5.56 Å². The molecule has 0 fully saturated rings. The molecule has 0 bridgehead atoms. The van der Waals surface area contributed by atoms with E-state index in [4.69, 9.17) is 10.2 Å². The number of nitrogens with one attached hydrogen (secondary N) is 2. The third-order valence-electron chi connectivity index (χ3n) is 2.57. The van der Waals surface area contributed by atoms with Crippen LogP contribution in [-0.2, 0) is 9.59 Å². The first-order valence-electron chi connectivity index (χ1n) is 5.95. The van der Waals surface area contributed by atoms with Crippen LogP contribution in [0.25, 0.3) is 0 Å². The lowest BCUT2D eigenvalue weighted by molar-refractivity contribution is -0.143. The maximum atomic E-state index is 11.8. The van der Waals surface area contributed by atoms with Gasteiger partial charge < -0.3 is 20.8 Å². The Hall–Kier alpha value is -2.41. The van der Waals surface area contributed by atoms with E-state index in [1.54, 1.807) is 30.3 Å². The first-order valence-corrected chi connectivity index (χ1v) is 5.95. The highest BCUT2D eigenvalue weighted by molar-refractivity contribution is 5.97. The molecule has 0 aliphatic heterocycles. The van der Waals surface area contributed by atoms with E-state index in [2.05, 4.69) is 10.6 Å². The van der Waals surface area contributed by atoms with Gasteiger partial charge in [0.15, 0.2) is 0 Å². The Morgan fingerprint density at radius 1 is 1.15 bits per heavy atom. The van der Waals surface area contributed by atoms with Crippen molar-refractivity contribution in [3.05, 3.63) is 35.9 Å². The quantitative estimate of drug-likeness (QED) is 0.553. The fourth-order valence-corrected chi connectivity index (χ4v) is 1.42. The molecule has 108 valence electrons. The normalized spacial score (nSPS) is 13.1. The number of carboxylic acids is 1. The van der Waals surface area contributed by atoms with Crippen molar-refractivity contribution in [1.29, 1.82) is 0 Å². The number of aliphatic hydroxyl groups excluding tert-OH is 1. The van der Waals surface area contributed by atoms with Gasteiger partial charge in [0.25, 0.3) is 5.91 Å². The molecular weight excluding hydrogens is 264 g/mol. The van der Waals surface area contributed by atoms with E-state index in [1.165, 1.54) is 6.92 Å². The van der Waals surface area contributed by atoms with Crippen molar-refractivity contribution in [2.75, 3.05) is 6.61 Å². The summed E-state index contributed by atoms with van der Waals surface area (Å²) in [6, 6.07) is 6.00. The number of rotatable bonds is 6. The van der Waals surface area contributed by atoms with Gasteiger partial charge in [0, 0.05) is 5.56 Å². The van der Waals surface area contributed by atoms with Gasteiger partial charge in [0.2, 0.25) is 5.91 Å². The van der Waals surface area contributed by atoms with Crippen molar-refractivity contribution in [2.24, 2.45) is 0 Å². The van der Waals surface area contributed by atoms with Gasteiger partial charge >= 0.3 is 5.97 Å². The summed E-state index contributed by atoms with van der Waals surface area (Å²) in [6.45, 7) is 0.701. The molecular formula is C13H16N2O5. The van der Waals surface area contributed by atoms with Gasteiger partial charge in [-0.2, -0.15) is 0 Å². The molecule has 0 aliphatic rings. The van der Waals surface area contributed by atoms with Crippen molar-refractivity contribution in [2.45, 2.75) is 19.0 Å². The lowest BCUT2D eigenvalue weighted by Crippen LogP contribution is -2.51. The smallest absolute Gasteiger partial charge is 0.328 e. The second-order valence-corrected chi connectivity index (χ2v) is 4.14. The minimum Gasteiger partial charge on any atom is -0.480 e. The molecule has 1 rings (SSSR count). The molecule has 0 aliphatic carbocycles. The Bertz CT molecular complexity index is 489. The van der Waals surface area contributed by atoms with E-state index in [1.807, 2.05) is 0 Å². The van der Waals surface area contributed by atoms with Crippen LogP contribution in [0, 0.1) is 0 Å². The van der Waals surface area contributed by atoms with E-state index in [0.717, 1.165) is 0 Å². The standard InChI is InChI=1S/C13H16N2O5/c1-8(11(17)15-10(7-16)13(19)20)14-12(18)9-5-3-2-4-6-9/h2-6,8,10,16H,7H2,1H3,(H,14,18)(H,15,17)(H,19,20). The zero-order chi connectivity index (χ0) is 15.1. The number of carboxylic acid groups (broad SMARTS) is 1. The predicted molar refractivity (Wildman–Crippen MR) is 70.0 cm³/mol. The maximum Gasteiger partial charge on any atom is 0.328 e. The SMILES string of the molecule is CC(NC(=O)c1ccccc1)C(=O)NC(CO)C(=O)O. The van der Waals surface area contributed by atoms with Crippen LogP contribution in [0.3, 0.4) is 0 Å². The average molecular weight is 280 g/mol. The molecule has 0 saturated carbocycles. The molecule has 2 unspecified atom stereocenters. The van der Waals surface area contributed by atoms with Crippen molar-refractivity contribution in [3.63, 3.8) is 0 Å². The van der Waals surface area contributed by atoms with Gasteiger partial charge in [0.05, 0.1) is 6.61 Å². The van der Waals surface area contributed by atoms with Gasteiger partial charge in [-0.05, 0) is 19.1 Å². The number of aliphatic hydroxyl groups is 1. The number of hydrogen-bond acceptors (Lipinski definition) is 4. The summed E-state index contributed by atoms with van der Waals surface area (Å²) < 4.78 is 0. The zero-order valence-corrected chi connectivity index (χ0v) is 10.9. The molecule has 1 aromatic rings. The minimum atomic E-state index is -1.39. The van der Waals surface area contributed by atoms with Gasteiger partial charge in [-0.25, -0.2) is 4.79 Å². The number of carbonyl (C=O) groups is 3. The summed E-state index contributed by atoms with van der Waals surface area (Å²) in [5, 5.41) is 22.1. The van der Waals surface area contributed by atoms with Crippen molar-refractivity contribution >= 4 is 17.8 Å². The Morgan fingerprint density at radius 3 is 2.25 bits per heavy atom. The second-order valence-electron chi connectivity index (χ2n) is 4.14. The van der Waals surface area contributed by atoms with E-state index < -0.39 is 36.5 Å². The topological polar surface area (TPSA) is 116 Å². The van der Waals surface area contributed by atoms with E-state index in [9.17, 15) is 14.4 Å². The molecule has 7 heteroatoms. The van der Waals surface area contributed by atoms with Crippen LogP contribution in [0.2, 0.25) is 0 Å². The molecule has 0 aromatic heterocycles. The van der Waals surface area contributed by atoms with Gasteiger partial charge in [-0.3, -0.25) is 9.59 Å². The summed E-state index contributed by atoms with van der Waals surface area (Å²) in [7, 11) is 0. The molecule has 0 saturated heterocycles. The summed E-state index contributed by atoms with van der Waals surface area (Å²) in [6.07, 6.45) is 0. The van der Waals surface area contributed by atoms with Crippen LogP contribution >= 0.6 is 0 Å². The summed E-state index contributed by atoms with van der Waals surface area (Å²) in [4.78, 5) is 34.1. The van der Waals surface area contributed by atoms with Crippen LogP contribution in [0.5, 0.6) is 0 Å². The van der Waals surface area contributed by atoms with Crippen molar-refractivity contribution < 1.29 is 24.6 Å². The molecule has 4 N–H and O–H groups in total. The molecule has 2 atom stereocenters. The Morgan fingerprint density at radius 2 is 1.75 bits per heavy atom. The average Bonchev–Trinajstić information content (AvgIpc) is 2.44. The maximum absolute atomic E-state index is 11.8. The highest BCUT2D eigenvalue weighted by Crippen LogP contribution is 1.99. The van der Waals surface area contributed by atoms with Crippen molar-refractivity contribution in [3.8, 4) is 0 Å². The van der Waals surface area contributed by atoms with Crippen molar-refractivity contribution in [1.82, 2.24) is 10.6 Å². The molecule has 1 aromatic carbocycles. The predicted octanol–water partition coefficient (Wildman–Crippen LogP) is -0.633. The molecule has 7 nitrogen and oxygen atoms in total. The highest BCUT2D eigenvalue weighted by atomic mass is 16.4. The third kappa shape index (κ3) is 4.36. The fraction of sp³-hybridized carbons (Fsp3) is 0.308. The zero-order valence-electron chi connectivity index (χ0n) is 10.9. The molecule has 0 spiro atoms. The van der Waals surface area contributed by atoms with Gasteiger partial charge in [-0.15, -0.1) is 0 Å². The van der Waals surface area contributed by atoms with Crippen LogP contribution in [-0.4, -0.2) is 46.7 Å². The second kappa shape index (κ2) is 7.25. The summed E-state index contributed by atoms with van der Waals surface area (Å²) >= 11 is 0. The Labute approximate surface area is 115 Å².